The molecule has 1 N–H and O–H groups in total. The minimum absolute atomic E-state index is 0.208. The number of rotatable bonds is 4. The fourth-order valence-corrected chi connectivity index (χ4v) is 3.61. The number of ether oxygens (including phenoxy) is 1. The predicted molar refractivity (Wildman–Crippen MR) is 75.4 cm³/mol. The van der Waals surface area contributed by atoms with Crippen LogP contribution < -0.4 is 0 Å². The van der Waals surface area contributed by atoms with E-state index in [0.29, 0.717) is 10.9 Å². The fourth-order valence-electron chi connectivity index (χ4n) is 2.67. The maximum Gasteiger partial charge on any atom is 0.348 e. The van der Waals surface area contributed by atoms with Crippen LogP contribution in [0.15, 0.2) is 12.1 Å². The van der Waals surface area contributed by atoms with Gasteiger partial charge < -0.3 is 9.84 Å². The van der Waals surface area contributed by atoms with E-state index in [1.807, 2.05) is 12.1 Å². The number of methoxy groups -OCH3 is 1. The third kappa shape index (κ3) is 3.35. The maximum absolute atomic E-state index is 11.4. The number of aliphatic hydroxyl groups is 1. The summed E-state index contributed by atoms with van der Waals surface area (Å²) in [6, 6.07) is 4.52. The fraction of sp³-hybridized carbons (Fsp3) is 0.643. The lowest BCUT2D eigenvalue weighted by Crippen LogP contribution is -2.46. The van der Waals surface area contributed by atoms with Crippen LogP contribution in [-0.4, -0.2) is 41.8 Å². The van der Waals surface area contributed by atoms with E-state index in [4.69, 9.17) is 4.74 Å². The summed E-state index contributed by atoms with van der Waals surface area (Å²) in [5, 5.41) is 9.48. The Kier molecular flexibility index (Phi) is 4.96. The lowest BCUT2D eigenvalue weighted by molar-refractivity contribution is 0.0460. The normalized spacial score (nSPS) is 24.4. The number of carbonyl (C=O) groups is 1. The number of nitrogens with zero attached hydrogens (tertiary/aromatic N) is 1. The van der Waals surface area contributed by atoms with Gasteiger partial charge in [0.15, 0.2) is 0 Å². The van der Waals surface area contributed by atoms with Crippen molar-refractivity contribution in [1.29, 1.82) is 0 Å². The van der Waals surface area contributed by atoms with Gasteiger partial charge in [0, 0.05) is 23.5 Å². The molecule has 0 unspecified atom stereocenters. The van der Waals surface area contributed by atoms with Crippen LogP contribution >= 0.6 is 11.3 Å². The molecule has 1 fully saturated rings. The lowest BCUT2D eigenvalue weighted by Gasteiger charge is -2.39. The number of aliphatic hydroxyl groups excluding tert-OH is 1. The average molecular weight is 283 g/mol. The molecular weight excluding hydrogens is 262 g/mol. The number of thiophene rings is 1. The van der Waals surface area contributed by atoms with Gasteiger partial charge >= 0.3 is 5.97 Å². The monoisotopic (exact) mass is 283 g/mol. The van der Waals surface area contributed by atoms with E-state index in [1.165, 1.54) is 31.3 Å². The lowest BCUT2D eigenvalue weighted by atomic mass is 9.97. The SMILES string of the molecule is COC(=O)c1ccc(CN2[C@H](CO)CCC[C@@H]2C)s1. The second-order valence-corrected chi connectivity index (χ2v) is 6.21. The van der Waals surface area contributed by atoms with Crippen molar-refractivity contribution >= 4 is 17.3 Å². The Morgan fingerprint density at radius 2 is 2.32 bits per heavy atom. The highest BCUT2D eigenvalue weighted by Gasteiger charge is 2.27. The van der Waals surface area contributed by atoms with Crippen LogP contribution in [-0.2, 0) is 11.3 Å². The van der Waals surface area contributed by atoms with Gasteiger partial charge in [-0.25, -0.2) is 4.79 Å². The van der Waals surface area contributed by atoms with Gasteiger partial charge in [0.2, 0.25) is 0 Å². The molecule has 1 aliphatic heterocycles. The van der Waals surface area contributed by atoms with Crippen LogP contribution in [0, 0.1) is 0 Å². The zero-order valence-corrected chi connectivity index (χ0v) is 12.3. The predicted octanol–water partition coefficient (Wildman–Crippen LogP) is 2.27. The summed E-state index contributed by atoms with van der Waals surface area (Å²) in [5.41, 5.74) is 0. The first kappa shape index (κ1) is 14.5. The molecule has 106 valence electrons. The quantitative estimate of drug-likeness (QED) is 0.861. The number of esters is 1. The molecule has 2 atom stereocenters. The Morgan fingerprint density at radius 1 is 1.53 bits per heavy atom. The third-order valence-electron chi connectivity index (χ3n) is 3.79. The van der Waals surface area contributed by atoms with Crippen molar-refractivity contribution < 1.29 is 14.6 Å². The second-order valence-electron chi connectivity index (χ2n) is 5.05. The van der Waals surface area contributed by atoms with Gasteiger partial charge in [-0.05, 0) is 31.9 Å². The van der Waals surface area contributed by atoms with Crippen LogP contribution in [0.1, 0.15) is 40.7 Å². The van der Waals surface area contributed by atoms with Gasteiger partial charge in [0.25, 0.3) is 0 Å². The molecule has 0 radical (unpaired) electrons. The molecule has 0 amide bonds. The molecule has 1 aromatic rings. The first-order chi connectivity index (χ1) is 9.15. The van der Waals surface area contributed by atoms with Crippen LogP contribution in [0.4, 0.5) is 0 Å². The molecule has 0 bridgehead atoms. The average Bonchev–Trinajstić information content (AvgIpc) is 2.88. The van der Waals surface area contributed by atoms with Crippen molar-refractivity contribution in [3.8, 4) is 0 Å². The molecular formula is C14H21NO3S. The summed E-state index contributed by atoms with van der Waals surface area (Å²) in [6.07, 6.45) is 3.41. The smallest absolute Gasteiger partial charge is 0.348 e. The van der Waals surface area contributed by atoms with E-state index in [9.17, 15) is 9.90 Å². The van der Waals surface area contributed by atoms with Crippen LogP contribution in [0.2, 0.25) is 0 Å². The van der Waals surface area contributed by atoms with E-state index in [-0.39, 0.29) is 18.6 Å². The minimum atomic E-state index is -0.276. The summed E-state index contributed by atoms with van der Waals surface area (Å²) in [6.45, 7) is 3.21. The maximum atomic E-state index is 11.4. The minimum Gasteiger partial charge on any atom is -0.465 e. The molecule has 2 heterocycles. The Bertz CT molecular complexity index is 432. The van der Waals surface area contributed by atoms with Crippen LogP contribution in [0.3, 0.4) is 0 Å². The third-order valence-corrected chi connectivity index (χ3v) is 4.84. The molecule has 0 aromatic carbocycles. The standard InChI is InChI=1S/C14H21NO3S/c1-10-4-3-5-11(9-16)15(10)8-12-6-7-13(19-12)14(17)18-2/h6-7,10-11,16H,3-5,8-9H2,1-2H3/t10-,11-/m0/s1. The van der Waals surface area contributed by atoms with Crippen LogP contribution in [0.5, 0.6) is 0 Å². The topological polar surface area (TPSA) is 49.8 Å². The van der Waals surface area contributed by atoms with Gasteiger partial charge in [0.05, 0.1) is 13.7 Å². The first-order valence-electron chi connectivity index (χ1n) is 6.69. The van der Waals surface area contributed by atoms with Gasteiger partial charge in [0.1, 0.15) is 4.88 Å². The van der Waals surface area contributed by atoms with Crippen molar-refractivity contribution in [2.75, 3.05) is 13.7 Å². The number of hydrogen-bond donors (Lipinski definition) is 1. The highest BCUT2D eigenvalue weighted by molar-refractivity contribution is 7.13. The molecule has 1 aromatic heterocycles. The van der Waals surface area contributed by atoms with Gasteiger partial charge in [-0.1, -0.05) is 6.42 Å². The van der Waals surface area contributed by atoms with Crippen molar-refractivity contribution in [2.24, 2.45) is 0 Å². The largest absolute Gasteiger partial charge is 0.465 e. The van der Waals surface area contributed by atoms with Crippen LogP contribution in [0.25, 0.3) is 0 Å². The molecule has 1 saturated heterocycles. The summed E-state index contributed by atoms with van der Waals surface area (Å²) >= 11 is 1.48. The Hall–Kier alpha value is -0.910. The zero-order chi connectivity index (χ0) is 13.8. The molecule has 1 aliphatic rings. The molecule has 5 heteroatoms. The Labute approximate surface area is 118 Å². The van der Waals surface area contributed by atoms with Gasteiger partial charge in [-0.15, -0.1) is 11.3 Å². The highest BCUT2D eigenvalue weighted by Crippen LogP contribution is 2.27. The van der Waals surface area contributed by atoms with E-state index in [2.05, 4.69) is 11.8 Å². The Morgan fingerprint density at radius 3 is 3.00 bits per heavy atom. The van der Waals surface area contributed by atoms with Crippen molar-refractivity contribution in [3.05, 3.63) is 21.9 Å². The first-order valence-corrected chi connectivity index (χ1v) is 7.51. The second kappa shape index (κ2) is 6.50. The molecule has 0 spiro atoms. The molecule has 4 nitrogen and oxygen atoms in total. The summed E-state index contributed by atoms with van der Waals surface area (Å²) < 4.78 is 4.72. The summed E-state index contributed by atoms with van der Waals surface area (Å²) in [4.78, 5) is 15.6. The zero-order valence-electron chi connectivity index (χ0n) is 11.5. The van der Waals surface area contributed by atoms with Gasteiger partial charge in [-0.3, -0.25) is 4.90 Å². The van der Waals surface area contributed by atoms with E-state index >= 15 is 0 Å². The number of hydrogen-bond acceptors (Lipinski definition) is 5. The van der Waals surface area contributed by atoms with Crippen molar-refractivity contribution in [3.63, 3.8) is 0 Å². The number of carbonyl (C=O) groups excluding carboxylic acids is 1. The van der Waals surface area contributed by atoms with E-state index < -0.39 is 0 Å². The molecule has 2 rings (SSSR count). The van der Waals surface area contributed by atoms with E-state index in [0.717, 1.165) is 17.8 Å². The summed E-state index contributed by atoms with van der Waals surface area (Å²) in [5.74, 6) is -0.276. The van der Waals surface area contributed by atoms with Crippen molar-refractivity contribution in [2.45, 2.75) is 44.8 Å². The van der Waals surface area contributed by atoms with Crippen molar-refractivity contribution in [1.82, 2.24) is 4.90 Å². The molecule has 0 saturated carbocycles. The van der Waals surface area contributed by atoms with Gasteiger partial charge in [-0.2, -0.15) is 0 Å². The van der Waals surface area contributed by atoms with E-state index in [1.54, 1.807) is 0 Å². The molecule has 0 aliphatic carbocycles. The highest BCUT2D eigenvalue weighted by atomic mass is 32.1. The Balaban J connectivity index is 2.06. The summed E-state index contributed by atoms with van der Waals surface area (Å²) in [7, 11) is 1.40. The number of likely N-dealkylation sites (tertiary alicyclic amines) is 1. The number of piperidine rings is 1. The molecule has 19 heavy (non-hydrogen) atoms.